The zero-order valence-electron chi connectivity index (χ0n) is 16.9. The van der Waals surface area contributed by atoms with Crippen molar-refractivity contribution in [2.45, 2.75) is 32.6 Å². The highest BCUT2D eigenvalue weighted by molar-refractivity contribution is 5.73. The van der Waals surface area contributed by atoms with Crippen LogP contribution in [0.4, 0.5) is 4.79 Å². The van der Waals surface area contributed by atoms with Gasteiger partial charge in [-0.05, 0) is 18.1 Å². The van der Waals surface area contributed by atoms with E-state index < -0.39 is 0 Å². The third kappa shape index (κ3) is 4.48. The number of amides is 2. The first-order valence-electron chi connectivity index (χ1n) is 9.91. The van der Waals surface area contributed by atoms with Crippen LogP contribution in [0.3, 0.4) is 0 Å². The molecule has 2 aromatic heterocycles. The summed E-state index contributed by atoms with van der Waals surface area (Å²) in [6.45, 7) is 4.00. The van der Waals surface area contributed by atoms with Gasteiger partial charge in [0.1, 0.15) is 0 Å². The van der Waals surface area contributed by atoms with Crippen molar-refractivity contribution in [3.05, 3.63) is 59.5 Å². The van der Waals surface area contributed by atoms with Gasteiger partial charge in [0.2, 0.25) is 0 Å². The largest absolute Gasteiger partial charge is 0.332 e. The summed E-state index contributed by atoms with van der Waals surface area (Å²) in [7, 11) is 3.46. The molecular formula is C21H27N7O. The highest BCUT2D eigenvalue weighted by atomic mass is 16.2. The van der Waals surface area contributed by atoms with Gasteiger partial charge in [0.15, 0.2) is 0 Å². The third-order valence-corrected chi connectivity index (χ3v) is 5.14. The minimum absolute atomic E-state index is 0.108. The molecule has 8 heteroatoms. The summed E-state index contributed by atoms with van der Waals surface area (Å²) in [4.78, 5) is 15.7. The molecule has 0 atom stereocenters. The van der Waals surface area contributed by atoms with E-state index in [0.717, 1.165) is 49.6 Å². The highest BCUT2D eigenvalue weighted by Gasteiger charge is 2.19. The lowest BCUT2D eigenvalue weighted by Crippen LogP contribution is -2.34. The van der Waals surface area contributed by atoms with Gasteiger partial charge in [0, 0.05) is 45.8 Å². The average molecular weight is 393 g/mol. The van der Waals surface area contributed by atoms with Crippen molar-refractivity contribution in [1.29, 1.82) is 0 Å². The van der Waals surface area contributed by atoms with E-state index in [-0.39, 0.29) is 6.03 Å². The van der Waals surface area contributed by atoms with E-state index in [1.165, 1.54) is 16.2 Å². The number of carbonyl (C=O) groups excluding carboxylic acids is 1. The summed E-state index contributed by atoms with van der Waals surface area (Å²) in [5.74, 6) is 0. The molecule has 2 amide bonds. The van der Waals surface area contributed by atoms with Crippen LogP contribution in [0, 0.1) is 0 Å². The van der Waals surface area contributed by atoms with Gasteiger partial charge >= 0.3 is 6.03 Å². The van der Waals surface area contributed by atoms with E-state index in [2.05, 4.69) is 48.4 Å². The molecular weight excluding hydrogens is 366 g/mol. The first-order valence-corrected chi connectivity index (χ1v) is 9.91. The number of fused-ring (bicyclic) bond motifs is 1. The number of urea groups is 1. The molecule has 0 saturated carbocycles. The number of hydrogen-bond donors (Lipinski definition) is 2. The maximum Gasteiger partial charge on any atom is 0.317 e. The van der Waals surface area contributed by atoms with Crippen molar-refractivity contribution in [1.82, 2.24) is 35.1 Å². The number of carbonyl (C=O) groups is 1. The number of aromatic nitrogens is 4. The average Bonchev–Trinajstić information content (AvgIpc) is 3.29. The van der Waals surface area contributed by atoms with Gasteiger partial charge < -0.3 is 10.2 Å². The minimum Gasteiger partial charge on any atom is -0.332 e. The number of rotatable bonds is 5. The van der Waals surface area contributed by atoms with Crippen molar-refractivity contribution in [3.63, 3.8) is 0 Å². The lowest BCUT2D eigenvalue weighted by atomic mass is 10.1. The van der Waals surface area contributed by atoms with Crippen molar-refractivity contribution < 1.29 is 4.79 Å². The molecule has 3 heterocycles. The minimum atomic E-state index is -0.108. The molecule has 1 aliphatic heterocycles. The Balaban J connectivity index is 1.45. The summed E-state index contributed by atoms with van der Waals surface area (Å²) >= 11 is 0. The van der Waals surface area contributed by atoms with Crippen LogP contribution >= 0.6 is 0 Å². The SMILES string of the molecule is CN(C)C(=O)NCc1cc2n(n1)CCCN(Cc1cn[nH]c1-c1ccccc1)C2. The normalized spacial score (nSPS) is 14.3. The molecule has 0 spiro atoms. The molecule has 0 radical (unpaired) electrons. The maximum absolute atomic E-state index is 11.8. The van der Waals surface area contributed by atoms with Gasteiger partial charge in [-0.3, -0.25) is 14.7 Å². The highest BCUT2D eigenvalue weighted by Crippen LogP contribution is 2.23. The second-order valence-electron chi connectivity index (χ2n) is 7.60. The second-order valence-corrected chi connectivity index (χ2v) is 7.60. The predicted molar refractivity (Wildman–Crippen MR) is 111 cm³/mol. The Bertz CT molecular complexity index is 961. The topological polar surface area (TPSA) is 82.1 Å². The number of aryl methyl sites for hydroxylation is 1. The van der Waals surface area contributed by atoms with Crippen LogP contribution in [0.1, 0.15) is 23.4 Å². The van der Waals surface area contributed by atoms with Crippen LogP contribution in [0.15, 0.2) is 42.6 Å². The molecule has 3 aromatic rings. The fraction of sp³-hybridized carbons (Fsp3) is 0.381. The van der Waals surface area contributed by atoms with Crippen LogP contribution in [0.2, 0.25) is 0 Å². The molecule has 1 aliphatic rings. The van der Waals surface area contributed by atoms with E-state index in [1.807, 2.05) is 24.4 Å². The molecule has 0 aliphatic carbocycles. The monoisotopic (exact) mass is 393 g/mol. The Kier molecular flexibility index (Phi) is 5.62. The summed E-state index contributed by atoms with van der Waals surface area (Å²) < 4.78 is 2.07. The van der Waals surface area contributed by atoms with Gasteiger partial charge in [0.25, 0.3) is 0 Å². The fourth-order valence-electron chi connectivity index (χ4n) is 3.66. The standard InChI is InChI=1S/C21H27N7O/c1-26(2)21(29)22-13-18-11-19-15-27(9-6-10-28(19)25-18)14-17-12-23-24-20(17)16-7-4-3-5-8-16/h3-5,7-8,11-12H,6,9-10,13-15H2,1-2H3,(H,22,29)(H,23,24). The summed E-state index contributed by atoms with van der Waals surface area (Å²) in [5, 5.41) is 15.0. The maximum atomic E-state index is 11.8. The second kappa shape index (κ2) is 8.48. The number of aromatic amines is 1. The van der Waals surface area contributed by atoms with Crippen molar-refractivity contribution >= 4 is 6.03 Å². The van der Waals surface area contributed by atoms with Crippen molar-refractivity contribution in [2.75, 3.05) is 20.6 Å². The number of nitrogens with zero attached hydrogens (tertiary/aromatic N) is 5. The number of nitrogens with one attached hydrogen (secondary N) is 2. The molecule has 2 N–H and O–H groups in total. The van der Waals surface area contributed by atoms with E-state index in [9.17, 15) is 4.79 Å². The molecule has 0 bridgehead atoms. The lowest BCUT2D eigenvalue weighted by Gasteiger charge is -2.19. The zero-order chi connectivity index (χ0) is 20.2. The Hall–Kier alpha value is -3.13. The number of hydrogen-bond acceptors (Lipinski definition) is 4. The van der Waals surface area contributed by atoms with Gasteiger partial charge in [-0.15, -0.1) is 0 Å². The Labute approximate surface area is 170 Å². The van der Waals surface area contributed by atoms with E-state index in [4.69, 9.17) is 0 Å². The molecule has 29 heavy (non-hydrogen) atoms. The van der Waals surface area contributed by atoms with Crippen LogP contribution in [0.5, 0.6) is 0 Å². The molecule has 152 valence electrons. The number of benzene rings is 1. The molecule has 4 rings (SSSR count). The predicted octanol–water partition coefficient (Wildman–Crippen LogP) is 2.45. The quantitative estimate of drug-likeness (QED) is 0.698. The van der Waals surface area contributed by atoms with Crippen molar-refractivity contribution in [2.24, 2.45) is 0 Å². The lowest BCUT2D eigenvalue weighted by molar-refractivity contribution is 0.217. The number of H-pyrrole nitrogens is 1. The summed E-state index contributed by atoms with van der Waals surface area (Å²) in [5.41, 5.74) is 5.50. The Morgan fingerprint density at radius 1 is 1.24 bits per heavy atom. The molecule has 0 saturated heterocycles. The summed E-state index contributed by atoms with van der Waals surface area (Å²) in [6, 6.07) is 12.3. The van der Waals surface area contributed by atoms with Crippen molar-refractivity contribution in [3.8, 4) is 11.3 Å². The third-order valence-electron chi connectivity index (χ3n) is 5.14. The van der Waals surface area contributed by atoms with Gasteiger partial charge in [-0.25, -0.2) is 4.79 Å². The van der Waals surface area contributed by atoms with E-state index in [1.54, 1.807) is 14.1 Å². The van der Waals surface area contributed by atoms with Gasteiger partial charge in [0.05, 0.1) is 29.8 Å². The molecule has 0 fully saturated rings. The molecule has 1 aromatic carbocycles. The van der Waals surface area contributed by atoms with Gasteiger partial charge in [-0.1, -0.05) is 30.3 Å². The zero-order valence-corrected chi connectivity index (χ0v) is 16.9. The van der Waals surface area contributed by atoms with Gasteiger partial charge in [-0.2, -0.15) is 10.2 Å². The summed E-state index contributed by atoms with van der Waals surface area (Å²) in [6.07, 6.45) is 2.96. The van der Waals surface area contributed by atoms with E-state index >= 15 is 0 Å². The van der Waals surface area contributed by atoms with Crippen LogP contribution in [-0.2, 0) is 26.2 Å². The Morgan fingerprint density at radius 2 is 2.07 bits per heavy atom. The van der Waals surface area contributed by atoms with Crippen LogP contribution in [0.25, 0.3) is 11.3 Å². The molecule has 8 nitrogen and oxygen atoms in total. The van der Waals surface area contributed by atoms with Crippen LogP contribution in [-0.4, -0.2) is 56.4 Å². The first-order chi connectivity index (χ1) is 14.1. The fourth-order valence-corrected chi connectivity index (χ4v) is 3.66. The first kappa shape index (κ1) is 19.2. The van der Waals surface area contributed by atoms with E-state index in [0.29, 0.717) is 6.54 Å². The smallest absolute Gasteiger partial charge is 0.317 e. The Morgan fingerprint density at radius 3 is 2.86 bits per heavy atom. The van der Waals surface area contributed by atoms with Crippen LogP contribution < -0.4 is 5.32 Å². The molecule has 0 unspecified atom stereocenters.